The number of benzene rings is 4. The lowest BCUT2D eigenvalue weighted by Crippen LogP contribution is -2.56. The van der Waals surface area contributed by atoms with Gasteiger partial charge in [-0.05, 0) is 114 Å². The van der Waals surface area contributed by atoms with Crippen LogP contribution in [0.4, 0.5) is 0 Å². The van der Waals surface area contributed by atoms with E-state index in [2.05, 4.69) is 163 Å². The van der Waals surface area contributed by atoms with Crippen molar-refractivity contribution < 1.29 is 0 Å². The lowest BCUT2D eigenvalue weighted by Gasteiger charge is -2.62. The van der Waals surface area contributed by atoms with Crippen molar-refractivity contribution in [2.75, 3.05) is 0 Å². The highest BCUT2D eigenvalue weighted by Gasteiger charge is 2.59. The van der Waals surface area contributed by atoms with E-state index in [0.29, 0.717) is 11.8 Å². The van der Waals surface area contributed by atoms with Gasteiger partial charge in [-0.2, -0.15) is 0 Å². The van der Waals surface area contributed by atoms with Gasteiger partial charge in [0, 0.05) is 46.1 Å². The maximum atomic E-state index is 5.15. The summed E-state index contributed by atoms with van der Waals surface area (Å²) in [6, 6.07) is 48.1. The van der Waals surface area contributed by atoms with Crippen LogP contribution in [0, 0.1) is 11.8 Å². The van der Waals surface area contributed by atoms with Gasteiger partial charge in [0.15, 0.2) is 0 Å². The van der Waals surface area contributed by atoms with Gasteiger partial charge in [-0.1, -0.05) is 97.1 Å². The number of hydrogen-bond donors (Lipinski definition) is 0. The molecule has 12 rings (SSSR count). The van der Waals surface area contributed by atoms with Crippen LogP contribution in [0.15, 0.2) is 158 Å². The summed E-state index contributed by atoms with van der Waals surface area (Å²) in [6.45, 7) is 0. The first-order valence-corrected chi connectivity index (χ1v) is 19.2. The molecular weight excluding hydrogens is 645 g/mol. The molecule has 53 heavy (non-hydrogen) atoms. The van der Waals surface area contributed by atoms with Gasteiger partial charge >= 0.3 is 0 Å². The molecule has 0 radical (unpaired) electrons. The molecule has 4 nitrogen and oxygen atoms in total. The van der Waals surface area contributed by atoms with Crippen molar-refractivity contribution in [1.82, 2.24) is 19.5 Å². The Morgan fingerprint density at radius 2 is 0.981 bits per heavy atom. The van der Waals surface area contributed by atoms with Crippen molar-refractivity contribution in [2.24, 2.45) is 11.8 Å². The van der Waals surface area contributed by atoms with E-state index in [1.807, 2.05) is 0 Å². The summed E-state index contributed by atoms with van der Waals surface area (Å²) in [5.41, 5.74) is 13.2. The van der Waals surface area contributed by atoms with E-state index in [0.717, 1.165) is 40.2 Å². The van der Waals surface area contributed by atoms with Crippen molar-refractivity contribution in [3.8, 4) is 39.3 Å². The van der Waals surface area contributed by atoms with Crippen LogP contribution in [0.1, 0.15) is 49.7 Å². The first-order valence-electron chi connectivity index (χ1n) is 19.2. The van der Waals surface area contributed by atoms with Crippen LogP contribution < -0.4 is 0 Å². The average Bonchev–Trinajstić information content (AvgIpc) is 3.55. The number of nitrogens with zero attached hydrogens (tertiary/aromatic N) is 4. The maximum Gasteiger partial charge on any atom is 0.0715 e. The quantitative estimate of drug-likeness (QED) is 0.175. The van der Waals surface area contributed by atoms with Crippen molar-refractivity contribution in [3.63, 3.8) is 0 Å². The van der Waals surface area contributed by atoms with Gasteiger partial charge < -0.3 is 4.57 Å². The molecule has 4 heteroatoms. The van der Waals surface area contributed by atoms with Crippen molar-refractivity contribution >= 4 is 21.8 Å². The van der Waals surface area contributed by atoms with Crippen molar-refractivity contribution in [1.29, 1.82) is 0 Å². The summed E-state index contributed by atoms with van der Waals surface area (Å²) in [5, 5.41) is 2.58. The molecule has 4 aromatic carbocycles. The van der Waals surface area contributed by atoms with Gasteiger partial charge in [0.25, 0.3) is 0 Å². The summed E-state index contributed by atoms with van der Waals surface area (Å²) in [4.78, 5) is 15.1. The van der Waals surface area contributed by atoms with Crippen LogP contribution in [-0.2, 0) is 10.8 Å². The largest absolute Gasteiger partial charge is 0.308 e. The first-order chi connectivity index (χ1) is 26.1. The fraction of sp³-hybridized carbons (Fsp3) is 0.204. The zero-order valence-corrected chi connectivity index (χ0v) is 29.7. The number of rotatable bonds is 6. The third kappa shape index (κ3) is 4.99. The second-order valence-electron chi connectivity index (χ2n) is 16.1. The van der Waals surface area contributed by atoms with E-state index < -0.39 is 0 Å². The Hall–Kier alpha value is -5.87. The molecule has 0 spiro atoms. The van der Waals surface area contributed by atoms with Crippen LogP contribution in [0.2, 0.25) is 0 Å². The molecule has 0 amide bonds. The Bertz CT molecular complexity index is 2530. The van der Waals surface area contributed by atoms with Crippen LogP contribution in [0.5, 0.6) is 0 Å². The van der Waals surface area contributed by atoms with Crippen LogP contribution in [-0.4, -0.2) is 19.5 Å². The fourth-order valence-corrected chi connectivity index (χ4v) is 11.1. The van der Waals surface area contributed by atoms with E-state index >= 15 is 0 Å². The third-order valence-electron chi connectivity index (χ3n) is 12.9. The van der Waals surface area contributed by atoms with E-state index in [4.69, 9.17) is 15.0 Å². The fourth-order valence-electron chi connectivity index (χ4n) is 11.1. The monoisotopic (exact) mass is 684 g/mol. The van der Waals surface area contributed by atoms with Gasteiger partial charge in [-0.25, -0.2) is 4.98 Å². The van der Waals surface area contributed by atoms with Crippen molar-refractivity contribution in [2.45, 2.75) is 49.4 Å². The van der Waals surface area contributed by atoms with Gasteiger partial charge in [0.2, 0.25) is 0 Å². The van der Waals surface area contributed by atoms with Gasteiger partial charge in [0.1, 0.15) is 0 Å². The summed E-state index contributed by atoms with van der Waals surface area (Å²) in [5.74, 6) is 1.43. The van der Waals surface area contributed by atoms with E-state index in [-0.39, 0.29) is 10.8 Å². The minimum Gasteiger partial charge on any atom is -0.308 e. The SMILES string of the molecule is c1ccc(-c2cc(-c3cncc(C45CC6CC(C4)CC(c4cncc(-n7c8ccccc8c8ccccc87)c4)(C6)C5)c3)cc(-c3ccccc3)n2)cc1. The van der Waals surface area contributed by atoms with E-state index in [9.17, 15) is 0 Å². The molecule has 0 aliphatic heterocycles. The highest BCUT2D eigenvalue weighted by atomic mass is 15.0. The van der Waals surface area contributed by atoms with Crippen LogP contribution in [0.25, 0.3) is 61.1 Å². The number of pyridine rings is 3. The molecule has 4 aliphatic rings. The molecule has 2 atom stereocenters. The maximum absolute atomic E-state index is 5.15. The Labute approximate surface area is 310 Å². The topological polar surface area (TPSA) is 43.6 Å². The summed E-state index contributed by atoms with van der Waals surface area (Å²) in [6.07, 6.45) is 16.0. The Morgan fingerprint density at radius 3 is 1.57 bits per heavy atom. The zero-order valence-electron chi connectivity index (χ0n) is 29.7. The van der Waals surface area contributed by atoms with Crippen molar-refractivity contribution in [3.05, 3.63) is 169 Å². The molecule has 4 fully saturated rings. The van der Waals surface area contributed by atoms with Gasteiger partial charge in [-0.15, -0.1) is 0 Å². The molecule has 4 aromatic heterocycles. The van der Waals surface area contributed by atoms with Gasteiger partial charge in [-0.3, -0.25) is 9.97 Å². The molecule has 4 aliphatic carbocycles. The number of hydrogen-bond acceptors (Lipinski definition) is 3. The molecule has 0 N–H and O–H groups in total. The van der Waals surface area contributed by atoms with Crippen LogP contribution >= 0.6 is 0 Å². The average molecular weight is 685 g/mol. The highest BCUT2D eigenvalue weighted by Crippen LogP contribution is 2.66. The predicted octanol–water partition coefficient (Wildman–Crippen LogP) is 11.8. The van der Waals surface area contributed by atoms with E-state index in [1.165, 1.54) is 70.6 Å². The molecule has 4 saturated carbocycles. The summed E-state index contributed by atoms with van der Waals surface area (Å²) >= 11 is 0. The molecular formula is C49H40N4. The molecule has 4 bridgehead atoms. The number of fused-ring (bicyclic) bond motifs is 3. The smallest absolute Gasteiger partial charge is 0.0715 e. The minimum absolute atomic E-state index is 0.105. The molecule has 8 aromatic rings. The lowest BCUT2D eigenvalue weighted by atomic mass is 9.42. The van der Waals surface area contributed by atoms with E-state index in [1.54, 1.807) is 0 Å². The Balaban J connectivity index is 1.00. The van der Waals surface area contributed by atoms with Crippen LogP contribution in [0.3, 0.4) is 0 Å². The molecule has 256 valence electrons. The normalized spacial score (nSPS) is 23.2. The molecule has 4 heterocycles. The second-order valence-corrected chi connectivity index (χ2v) is 16.1. The highest BCUT2D eigenvalue weighted by molar-refractivity contribution is 6.09. The summed E-state index contributed by atoms with van der Waals surface area (Å²) < 4.78 is 2.42. The minimum atomic E-state index is 0.105. The summed E-state index contributed by atoms with van der Waals surface area (Å²) in [7, 11) is 0. The first kappa shape index (κ1) is 30.7. The second kappa shape index (κ2) is 11.8. The number of aromatic nitrogens is 4. The zero-order chi connectivity index (χ0) is 35.0. The standard InChI is InChI=1S/C49H40N4/c1-3-11-35(12-4-1)44-21-37(22-45(52-44)36-13-5-2-6-14-36)38-20-39(29-50-28-38)48-24-33-19-34(25-48)27-49(26-33,32-48)40-23-41(31-51-30-40)53-46-17-9-7-15-42(46)43-16-8-10-18-47(43)53/h1-18,20-23,28-31,33-34H,19,24-27,32H2. The molecule has 2 unspecified atom stereocenters. The predicted molar refractivity (Wildman–Crippen MR) is 215 cm³/mol. The third-order valence-corrected chi connectivity index (χ3v) is 12.9. The number of para-hydroxylation sites is 2. The molecule has 0 saturated heterocycles. The lowest BCUT2D eigenvalue weighted by molar-refractivity contribution is -0.0283. The van der Waals surface area contributed by atoms with Gasteiger partial charge in [0.05, 0.1) is 34.3 Å². The Morgan fingerprint density at radius 1 is 0.472 bits per heavy atom. The Kier molecular flexibility index (Phi) is 6.86.